The summed E-state index contributed by atoms with van der Waals surface area (Å²) >= 11 is 1.78. The van der Waals surface area contributed by atoms with Crippen LogP contribution in [0.5, 0.6) is 0 Å². The van der Waals surface area contributed by atoms with Crippen LogP contribution in [0.1, 0.15) is 11.1 Å². The Morgan fingerprint density at radius 2 is 1.58 bits per heavy atom. The predicted molar refractivity (Wildman–Crippen MR) is 102 cm³/mol. The molecular formula is C21H18N2S. The van der Waals surface area contributed by atoms with Crippen LogP contribution in [-0.2, 0) is 5.75 Å². The number of benzene rings is 3. The third-order valence-corrected chi connectivity index (χ3v) is 5.01. The molecule has 0 radical (unpaired) electrons. The van der Waals surface area contributed by atoms with Crippen LogP contribution in [0.4, 0.5) is 0 Å². The second kappa shape index (κ2) is 6.54. The Hall–Kier alpha value is -2.52. The smallest absolute Gasteiger partial charge is 0.174 e. The van der Waals surface area contributed by atoms with Crippen molar-refractivity contribution in [1.82, 2.24) is 9.55 Å². The molecule has 0 aliphatic carbocycles. The summed E-state index contributed by atoms with van der Waals surface area (Å²) in [4.78, 5) is 4.87. The highest BCUT2D eigenvalue weighted by Crippen LogP contribution is 2.30. The summed E-state index contributed by atoms with van der Waals surface area (Å²) in [5, 5.41) is 1.03. The fraction of sp³-hybridized carbons (Fsp3) is 0.0952. The van der Waals surface area contributed by atoms with Crippen molar-refractivity contribution in [3.63, 3.8) is 0 Å². The van der Waals surface area contributed by atoms with E-state index in [9.17, 15) is 0 Å². The number of aromatic nitrogens is 2. The quantitative estimate of drug-likeness (QED) is 0.452. The molecular weight excluding hydrogens is 312 g/mol. The van der Waals surface area contributed by atoms with Gasteiger partial charge in [0.1, 0.15) is 0 Å². The number of para-hydroxylation sites is 1. The Morgan fingerprint density at radius 1 is 0.875 bits per heavy atom. The van der Waals surface area contributed by atoms with Gasteiger partial charge in [0.25, 0.3) is 0 Å². The lowest BCUT2D eigenvalue weighted by Crippen LogP contribution is -1.96. The van der Waals surface area contributed by atoms with E-state index < -0.39 is 0 Å². The Balaban J connectivity index is 1.79. The van der Waals surface area contributed by atoms with Crippen molar-refractivity contribution in [3.8, 4) is 5.69 Å². The third kappa shape index (κ3) is 2.95. The van der Waals surface area contributed by atoms with Crippen molar-refractivity contribution in [2.45, 2.75) is 17.8 Å². The molecule has 1 aromatic heterocycles. The maximum atomic E-state index is 4.87. The van der Waals surface area contributed by atoms with Crippen LogP contribution >= 0.6 is 11.8 Å². The fourth-order valence-electron chi connectivity index (χ4n) is 2.81. The summed E-state index contributed by atoms with van der Waals surface area (Å²) in [6, 6.07) is 27.4. The van der Waals surface area contributed by atoms with Gasteiger partial charge in [0.15, 0.2) is 5.16 Å². The molecule has 118 valence electrons. The SMILES string of the molecule is Cc1ccc2nc(SCc3ccccc3)n(-c3ccccc3)c2c1. The Bertz CT molecular complexity index is 959. The first kappa shape index (κ1) is 15.0. The average molecular weight is 330 g/mol. The molecule has 0 N–H and O–H groups in total. The summed E-state index contributed by atoms with van der Waals surface area (Å²) < 4.78 is 2.26. The minimum atomic E-state index is 0.913. The van der Waals surface area contributed by atoms with Gasteiger partial charge in [-0.2, -0.15) is 0 Å². The van der Waals surface area contributed by atoms with Gasteiger partial charge in [-0.1, -0.05) is 66.4 Å². The highest BCUT2D eigenvalue weighted by atomic mass is 32.2. The number of fused-ring (bicyclic) bond motifs is 1. The molecule has 0 amide bonds. The molecule has 2 nitrogen and oxygen atoms in total. The van der Waals surface area contributed by atoms with Crippen molar-refractivity contribution in [2.75, 3.05) is 0 Å². The summed E-state index contributed by atoms with van der Waals surface area (Å²) in [6.45, 7) is 2.12. The van der Waals surface area contributed by atoms with Crippen molar-refractivity contribution < 1.29 is 0 Å². The summed E-state index contributed by atoms with van der Waals surface area (Å²) in [7, 11) is 0. The van der Waals surface area contributed by atoms with E-state index in [-0.39, 0.29) is 0 Å². The number of aryl methyl sites for hydroxylation is 1. The monoisotopic (exact) mass is 330 g/mol. The van der Waals surface area contributed by atoms with E-state index in [0.717, 1.165) is 27.6 Å². The first-order valence-electron chi connectivity index (χ1n) is 8.02. The van der Waals surface area contributed by atoms with Crippen molar-refractivity contribution >= 4 is 22.8 Å². The van der Waals surface area contributed by atoms with E-state index in [4.69, 9.17) is 4.98 Å². The molecule has 0 saturated carbocycles. The molecule has 4 rings (SSSR count). The predicted octanol–water partition coefficient (Wildman–Crippen LogP) is 5.63. The molecule has 0 unspecified atom stereocenters. The number of thioether (sulfide) groups is 1. The molecule has 0 spiro atoms. The molecule has 0 fully saturated rings. The van der Waals surface area contributed by atoms with E-state index in [1.807, 2.05) is 6.07 Å². The van der Waals surface area contributed by atoms with Crippen LogP contribution in [0.15, 0.2) is 84.0 Å². The van der Waals surface area contributed by atoms with Gasteiger partial charge < -0.3 is 0 Å². The molecule has 24 heavy (non-hydrogen) atoms. The largest absolute Gasteiger partial charge is 0.287 e. The lowest BCUT2D eigenvalue weighted by atomic mass is 10.2. The topological polar surface area (TPSA) is 17.8 Å². The Kier molecular flexibility index (Phi) is 4.09. The normalized spacial score (nSPS) is 11.0. The molecule has 0 aliphatic rings. The van der Waals surface area contributed by atoms with Crippen molar-refractivity contribution in [3.05, 3.63) is 90.0 Å². The number of rotatable bonds is 4. The van der Waals surface area contributed by atoms with Gasteiger partial charge >= 0.3 is 0 Å². The van der Waals surface area contributed by atoms with Crippen LogP contribution in [0, 0.1) is 6.92 Å². The van der Waals surface area contributed by atoms with Crippen LogP contribution in [0.25, 0.3) is 16.7 Å². The summed E-state index contributed by atoms with van der Waals surface area (Å²) in [5.41, 5.74) is 5.92. The zero-order chi connectivity index (χ0) is 16.4. The Morgan fingerprint density at radius 3 is 2.33 bits per heavy atom. The zero-order valence-corrected chi connectivity index (χ0v) is 14.3. The Labute approximate surface area is 146 Å². The number of imidazole rings is 1. The lowest BCUT2D eigenvalue weighted by molar-refractivity contribution is 0.919. The standard InChI is InChI=1S/C21H18N2S/c1-16-12-13-19-20(14-16)23(18-10-6-3-7-11-18)21(22-19)24-15-17-8-4-2-5-9-17/h2-14H,15H2,1H3. The third-order valence-electron chi connectivity index (χ3n) is 4.00. The number of nitrogens with zero attached hydrogens (tertiary/aromatic N) is 2. The first-order valence-corrected chi connectivity index (χ1v) is 9.01. The minimum absolute atomic E-state index is 0.913. The van der Waals surface area contributed by atoms with Crippen molar-refractivity contribution in [2.24, 2.45) is 0 Å². The van der Waals surface area contributed by atoms with E-state index in [1.54, 1.807) is 11.8 Å². The van der Waals surface area contributed by atoms with Crippen LogP contribution < -0.4 is 0 Å². The molecule has 4 aromatic rings. The molecule has 0 saturated heterocycles. The van der Waals surface area contributed by atoms with Gasteiger partial charge in [-0.15, -0.1) is 0 Å². The van der Waals surface area contributed by atoms with E-state index >= 15 is 0 Å². The van der Waals surface area contributed by atoms with Crippen LogP contribution in [-0.4, -0.2) is 9.55 Å². The highest BCUT2D eigenvalue weighted by Gasteiger charge is 2.13. The maximum Gasteiger partial charge on any atom is 0.174 e. The van der Waals surface area contributed by atoms with Crippen LogP contribution in [0.2, 0.25) is 0 Å². The maximum absolute atomic E-state index is 4.87. The molecule has 1 heterocycles. The van der Waals surface area contributed by atoms with Crippen LogP contribution in [0.3, 0.4) is 0 Å². The first-order chi connectivity index (χ1) is 11.8. The zero-order valence-electron chi connectivity index (χ0n) is 13.5. The highest BCUT2D eigenvalue weighted by molar-refractivity contribution is 7.98. The second-order valence-electron chi connectivity index (χ2n) is 5.83. The molecule has 0 bridgehead atoms. The van der Waals surface area contributed by atoms with Gasteiger partial charge in [0.2, 0.25) is 0 Å². The molecule has 3 aromatic carbocycles. The molecule has 0 aliphatic heterocycles. The van der Waals surface area contributed by atoms with Crippen molar-refractivity contribution in [1.29, 1.82) is 0 Å². The lowest BCUT2D eigenvalue weighted by Gasteiger charge is -2.09. The summed E-state index contributed by atoms with van der Waals surface area (Å²) in [6.07, 6.45) is 0. The number of hydrogen-bond acceptors (Lipinski definition) is 2. The van der Waals surface area contributed by atoms with Gasteiger partial charge in [-0.3, -0.25) is 4.57 Å². The van der Waals surface area contributed by atoms with E-state index in [1.165, 1.54) is 11.1 Å². The second-order valence-corrected chi connectivity index (χ2v) is 6.77. The molecule has 3 heteroatoms. The average Bonchev–Trinajstić information content (AvgIpc) is 2.99. The van der Waals surface area contributed by atoms with Gasteiger partial charge in [0, 0.05) is 11.4 Å². The minimum Gasteiger partial charge on any atom is -0.287 e. The van der Waals surface area contributed by atoms with Gasteiger partial charge in [-0.05, 0) is 42.3 Å². The molecule has 0 atom stereocenters. The van der Waals surface area contributed by atoms with Gasteiger partial charge in [-0.25, -0.2) is 4.98 Å². The van der Waals surface area contributed by atoms with E-state index in [0.29, 0.717) is 0 Å². The van der Waals surface area contributed by atoms with E-state index in [2.05, 4.69) is 84.3 Å². The summed E-state index contributed by atoms with van der Waals surface area (Å²) in [5.74, 6) is 0.913. The fourth-order valence-corrected chi connectivity index (χ4v) is 3.79. The van der Waals surface area contributed by atoms with Gasteiger partial charge in [0.05, 0.1) is 11.0 Å². The number of hydrogen-bond donors (Lipinski definition) is 0.